The minimum absolute atomic E-state index is 0. The first-order chi connectivity index (χ1) is 13.8. The summed E-state index contributed by atoms with van der Waals surface area (Å²) in [5.41, 5.74) is 2.01. The van der Waals surface area contributed by atoms with Crippen LogP contribution in [-0.2, 0) is 10.2 Å². The zero-order chi connectivity index (χ0) is 19.2. The minimum Gasteiger partial charge on any atom is -0.347 e. The highest BCUT2D eigenvalue weighted by atomic mass is 35.5. The third kappa shape index (κ3) is 5.02. The van der Waals surface area contributed by atoms with Gasteiger partial charge in [0.15, 0.2) is 0 Å². The molecule has 4 heteroatoms. The third-order valence-corrected chi connectivity index (χ3v) is 6.61. The molecule has 1 aliphatic heterocycles. The average Bonchev–Trinajstić information content (AvgIpc) is 3.28. The van der Waals surface area contributed by atoms with Crippen molar-refractivity contribution in [2.45, 2.75) is 56.4 Å². The van der Waals surface area contributed by atoms with E-state index in [0.29, 0.717) is 0 Å². The normalized spacial score (nSPS) is 19.9. The molecule has 0 radical (unpaired) electrons. The number of halogens is 1. The number of nitrogens with zero attached hydrogens (tertiary/aromatic N) is 1. The number of carbonyl (C=O) groups excluding carboxylic acids is 1. The summed E-state index contributed by atoms with van der Waals surface area (Å²) in [6.45, 7) is 3.19. The molecule has 0 unspecified atom stereocenters. The summed E-state index contributed by atoms with van der Waals surface area (Å²) in [5, 5.41) is 3.49. The van der Waals surface area contributed by atoms with E-state index >= 15 is 0 Å². The zero-order valence-electron chi connectivity index (χ0n) is 17.2. The summed E-state index contributed by atoms with van der Waals surface area (Å²) in [4.78, 5) is 16.2. The number of carbonyl (C=O) groups is 1. The molecular formula is C25H33ClN2O. The maximum absolute atomic E-state index is 13.7. The molecule has 2 aromatic carbocycles. The van der Waals surface area contributed by atoms with Crippen LogP contribution in [0.25, 0.3) is 0 Å². The first-order valence-electron chi connectivity index (χ1n) is 10.9. The Labute approximate surface area is 181 Å². The standard InChI is InChI=1S/C25H32N2O.ClH/c28-24(25(16-8-3-9-17-25)22-14-6-2-7-15-22)26-23(20-27-18-10-11-19-27)21-12-4-1-5-13-21;/h1-2,4-7,12-15,23H,3,8-11,16-20H2,(H,26,28);1H/t23-;/m1./s1. The lowest BCUT2D eigenvalue weighted by atomic mass is 9.68. The molecule has 1 saturated heterocycles. The van der Waals surface area contributed by atoms with Crippen LogP contribution in [0.1, 0.15) is 62.1 Å². The summed E-state index contributed by atoms with van der Waals surface area (Å²) >= 11 is 0. The predicted molar refractivity (Wildman–Crippen MR) is 121 cm³/mol. The SMILES string of the molecule is Cl.O=C(N[C@H](CN1CCCC1)c1ccccc1)C1(c2ccccc2)CCCCC1. The van der Waals surface area contributed by atoms with E-state index in [1.165, 1.54) is 30.4 Å². The van der Waals surface area contributed by atoms with E-state index in [1.807, 2.05) is 12.1 Å². The Kier molecular flexibility index (Phi) is 7.74. The van der Waals surface area contributed by atoms with Crippen molar-refractivity contribution in [3.8, 4) is 0 Å². The molecular weight excluding hydrogens is 380 g/mol. The quantitative estimate of drug-likeness (QED) is 0.701. The topological polar surface area (TPSA) is 32.3 Å². The predicted octanol–water partition coefficient (Wildman–Crippen LogP) is 5.26. The lowest BCUT2D eigenvalue weighted by molar-refractivity contribution is -0.129. The van der Waals surface area contributed by atoms with Crippen LogP contribution in [0, 0.1) is 0 Å². The lowest BCUT2D eigenvalue weighted by Gasteiger charge is -2.38. The number of benzene rings is 2. The Morgan fingerprint density at radius 1 is 0.862 bits per heavy atom. The average molecular weight is 413 g/mol. The molecule has 0 aromatic heterocycles. The second kappa shape index (κ2) is 10.3. The lowest BCUT2D eigenvalue weighted by Crippen LogP contribution is -2.48. The second-order valence-electron chi connectivity index (χ2n) is 8.45. The van der Waals surface area contributed by atoms with Gasteiger partial charge in [-0.1, -0.05) is 79.9 Å². The van der Waals surface area contributed by atoms with Gasteiger partial charge in [0.1, 0.15) is 0 Å². The van der Waals surface area contributed by atoms with Gasteiger partial charge in [0, 0.05) is 6.54 Å². The van der Waals surface area contributed by atoms with Crippen LogP contribution in [0.15, 0.2) is 60.7 Å². The Morgan fingerprint density at radius 2 is 1.45 bits per heavy atom. The molecule has 1 aliphatic carbocycles. The molecule has 156 valence electrons. The highest BCUT2D eigenvalue weighted by Gasteiger charge is 2.41. The van der Waals surface area contributed by atoms with Crippen LogP contribution in [0.3, 0.4) is 0 Å². The number of hydrogen-bond acceptors (Lipinski definition) is 2. The Bertz CT molecular complexity index is 753. The number of amides is 1. The second-order valence-corrected chi connectivity index (χ2v) is 8.45. The number of likely N-dealkylation sites (tertiary alicyclic amines) is 1. The molecule has 1 heterocycles. The van der Waals surface area contributed by atoms with E-state index in [0.717, 1.165) is 45.3 Å². The van der Waals surface area contributed by atoms with E-state index < -0.39 is 0 Å². The molecule has 0 bridgehead atoms. The van der Waals surface area contributed by atoms with Crippen LogP contribution < -0.4 is 5.32 Å². The van der Waals surface area contributed by atoms with E-state index in [-0.39, 0.29) is 29.8 Å². The van der Waals surface area contributed by atoms with Crippen molar-refractivity contribution in [2.24, 2.45) is 0 Å². The van der Waals surface area contributed by atoms with Gasteiger partial charge in [0.25, 0.3) is 0 Å². The minimum atomic E-state index is -0.377. The maximum Gasteiger partial charge on any atom is 0.231 e. The fourth-order valence-corrected chi connectivity index (χ4v) is 5.00. The summed E-state index contributed by atoms with van der Waals surface area (Å²) in [6, 6.07) is 21.0. The fraction of sp³-hybridized carbons (Fsp3) is 0.480. The molecule has 0 spiro atoms. The summed E-state index contributed by atoms with van der Waals surface area (Å²) in [5.74, 6) is 0.214. The summed E-state index contributed by atoms with van der Waals surface area (Å²) < 4.78 is 0. The molecule has 2 fully saturated rings. The summed E-state index contributed by atoms with van der Waals surface area (Å²) in [6.07, 6.45) is 7.93. The Morgan fingerprint density at radius 3 is 2.07 bits per heavy atom. The highest BCUT2D eigenvalue weighted by Crippen LogP contribution is 2.40. The molecule has 1 atom stereocenters. The van der Waals surface area contributed by atoms with E-state index in [4.69, 9.17) is 0 Å². The van der Waals surface area contributed by atoms with Gasteiger partial charge >= 0.3 is 0 Å². The smallest absolute Gasteiger partial charge is 0.231 e. The number of rotatable bonds is 6. The van der Waals surface area contributed by atoms with Gasteiger partial charge in [0.2, 0.25) is 5.91 Å². The first-order valence-corrected chi connectivity index (χ1v) is 10.9. The third-order valence-electron chi connectivity index (χ3n) is 6.61. The van der Waals surface area contributed by atoms with Crippen LogP contribution in [-0.4, -0.2) is 30.4 Å². The Hall–Kier alpha value is -1.84. The van der Waals surface area contributed by atoms with Crippen LogP contribution >= 0.6 is 12.4 Å². The monoisotopic (exact) mass is 412 g/mol. The van der Waals surface area contributed by atoms with Crippen molar-refractivity contribution in [3.05, 3.63) is 71.8 Å². The van der Waals surface area contributed by atoms with Gasteiger partial charge in [0.05, 0.1) is 11.5 Å². The molecule has 29 heavy (non-hydrogen) atoms. The number of hydrogen-bond donors (Lipinski definition) is 1. The molecule has 1 amide bonds. The molecule has 3 nitrogen and oxygen atoms in total. The first kappa shape index (κ1) is 21.9. The molecule has 1 saturated carbocycles. The van der Waals surface area contributed by atoms with Crippen molar-refractivity contribution < 1.29 is 4.79 Å². The summed E-state index contributed by atoms with van der Waals surface area (Å²) in [7, 11) is 0. The van der Waals surface area contributed by atoms with Gasteiger partial charge in [-0.2, -0.15) is 0 Å². The molecule has 1 N–H and O–H groups in total. The largest absolute Gasteiger partial charge is 0.347 e. The van der Waals surface area contributed by atoms with Gasteiger partial charge < -0.3 is 10.2 Å². The van der Waals surface area contributed by atoms with Crippen LogP contribution in [0.5, 0.6) is 0 Å². The van der Waals surface area contributed by atoms with Crippen molar-refractivity contribution in [1.29, 1.82) is 0 Å². The number of nitrogens with one attached hydrogen (secondary N) is 1. The fourth-order valence-electron chi connectivity index (χ4n) is 5.00. The molecule has 4 rings (SSSR count). The van der Waals surface area contributed by atoms with E-state index in [2.05, 4.69) is 58.7 Å². The van der Waals surface area contributed by atoms with E-state index in [1.54, 1.807) is 0 Å². The zero-order valence-corrected chi connectivity index (χ0v) is 18.0. The van der Waals surface area contributed by atoms with Gasteiger partial charge in [-0.15, -0.1) is 12.4 Å². The van der Waals surface area contributed by atoms with Gasteiger partial charge in [-0.3, -0.25) is 4.79 Å². The van der Waals surface area contributed by atoms with Gasteiger partial charge in [-0.05, 0) is 49.9 Å². The molecule has 2 aliphatic rings. The van der Waals surface area contributed by atoms with Gasteiger partial charge in [-0.25, -0.2) is 0 Å². The highest BCUT2D eigenvalue weighted by molar-refractivity contribution is 5.88. The van der Waals surface area contributed by atoms with Crippen molar-refractivity contribution >= 4 is 18.3 Å². The van der Waals surface area contributed by atoms with Crippen molar-refractivity contribution in [2.75, 3.05) is 19.6 Å². The Balaban J connectivity index is 0.00000240. The maximum atomic E-state index is 13.7. The van der Waals surface area contributed by atoms with Crippen LogP contribution in [0.4, 0.5) is 0 Å². The van der Waals surface area contributed by atoms with Crippen LogP contribution in [0.2, 0.25) is 0 Å². The van der Waals surface area contributed by atoms with E-state index in [9.17, 15) is 4.79 Å². The van der Waals surface area contributed by atoms with Crippen molar-refractivity contribution in [1.82, 2.24) is 10.2 Å². The van der Waals surface area contributed by atoms with Crippen molar-refractivity contribution in [3.63, 3.8) is 0 Å². The molecule has 2 aromatic rings.